The molecule has 0 amide bonds. The maximum Gasteiger partial charge on any atom is 0.0720 e. The Bertz CT molecular complexity index is 480. The Morgan fingerprint density at radius 2 is 1.91 bits per heavy atom. The van der Waals surface area contributed by atoms with Gasteiger partial charge in [0.2, 0.25) is 0 Å². The van der Waals surface area contributed by atoms with Gasteiger partial charge in [-0.2, -0.15) is 0 Å². The fourth-order valence-corrected chi connectivity index (χ4v) is 4.41. The Balaban J connectivity index is 1.62. The molecular formula is C18H27BrN2O. The molecule has 0 unspecified atom stereocenters. The predicted molar refractivity (Wildman–Crippen MR) is 94.3 cm³/mol. The van der Waals surface area contributed by atoms with Crippen molar-refractivity contribution in [3.63, 3.8) is 0 Å². The number of nitrogens with one attached hydrogen (secondary N) is 1. The summed E-state index contributed by atoms with van der Waals surface area (Å²) in [5.41, 5.74) is 1.39. The van der Waals surface area contributed by atoms with Gasteiger partial charge >= 0.3 is 0 Å². The van der Waals surface area contributed by atoms with E-state index in [0.29, 0.717) is 0 Å². The molecule has 4 heteroatoms. The van der Waals surface area contributed by atoms with Crippen molar-refractivity contribution in [3.8, 4) is 0 Å². The Hall–Kier alpha value is -0.420. The number of ether oxygens (including phenoxy) is 1. The van der Waals surface area contributed by atoms with Crippen LogP contribution in [0.2, 0.25) is 0 Å². The number of rotatable bonds is 4. The molecule has 1 saturated heterocycles. The molecule has 22 heavy (non-hydrogen) atoms. The van der Waals surface area contributed by atoms with E-state index >= 15 is 0 Å². The topological polar surface area (TPSA) is 24.5 Å². The number of methoxy groups -OCH3 is 1. The first-order valence-corrected chi connectivity index (χ1v) is 9.25. The molecule has 1 N–H and O–H groups in total. The minimum Gasteiger partial charge on any atom is -0.378 e. The largest absolute Gasteiger partial charge is 0.378 e. The zero-order valence-corrected chi connectivity index (χ0v) is 15.1. The van der Waals surface area contributed by atoms with E-state index < -0.39 is 0 Å². The van der Waals surface area contributed by atoms with Crippen LogP contribution in [-0.2, 0) is 11.2 Å². The minimum absolute atomic E-state index is 0.0222. The van der Waals surface area contributed by atoms with Crippen LogP contribution < -0.4 is 5.32 Å². The summed E-state index contributed by atoms with van der Waals surface area (Å²) in [6.45, 7) is 4.69. The first kappa shape index (κ1) is 16.4. The first-order valence-electron chi connectivity index (χ1n) is 8.46. The summed E-state index contributed by atoms with van der Waals surface area (Å²) in [5.74, 6) is 0. The van der Waals surface area contributed by atoms with Gasteiger partial charge in [-0.05, 0) is 37.3 Å². The van der Waals surface area contributed by atoms with E-state index in [-0.39, 0.29) is 5.60 Å². The monoisotopic (exact) mass is 366 g/mol. The second kappa shape index (κ2) is 7.43. The van der Waals surface area contributed by atoms with E-state index in [1.807, 2.05) is 7.11 Å². The van der Waals surface area contributed by atoms with Crippen molar-refractivity contribution in [2.45, 2.75) is 43.7 Å². The Labute approximate surface area is 142 Å². The van der Waals surface area contributed by atoms with Crippen LogP contribution in [0.15, 0.2) is 28.7 Å². The van der Waals surface area contributed by atoms with Crippen molar-refractivity contribution in [1.29, 1.82) is 0 Å². The zero-order chi connectivity index (χ0) is 15.4. The van der Waals surface area contributed by atoms with Crippen molar-refractivity contribution in [2.24, 2.45) is 0 Å². The van der Waals surface area contributed by atoms with Crippen LogP contribution in [0.25, 0.3) is 0 Å². The lowest BCUT2D eigenvalue weighted by Gasteiger charge is -2.44. The van der Waals surface area contributed by atoms with E-state index in [1.165, 1.54) is 48.8 Å². The molecule has 1 aromatic rings. The Morgan fingerprint density at radius 3 is 2.55 bits per heavy atom. The number of piperazine rings is 1. The van der Waals surface area contributed by atoms with Gasteiger partial charge in [0.1, 0.15) is 0 Å². The summed E-state index contributed by atoms with van der Waals surface area (Å²) in [7, 11) is 1.89. The number of hydrogen-bond donors (Lipinski definition) is 1. The van der Waals surface area contributed by atoms with Crippen LogP contribution >= 0.6 is 15.9 Å². The van der Waals surface area contributed by atoms with Crippen LogP contribution in [0.4, 0.5) is 0 Å². The molecule has 1 aliphatic heterocycles. The van der Waals surface area contributed by atoms with E-state index in [4.69, 9.17) is 4.74 Å². The summed E-state index contributed by atoms with van der Waals surface area (Å²) in [4.78, 5) is 2.68. The third kappa shape index (κ3) is 3.73. The molecule has 0 aromatic heterocycles. The van der Waals surface area contributed by atoms with Crippen molar-refractivity contribution < 1.29 is 4.74 Å². The first-order chi connectivity index (χ1) is 10.7. The van der Waals surface area contributed by atoms with Crippen LogP contribution in [0, 0.1) is 0 Å². The molecule has 2 aliphatic rings. The maximum atomic E-state index is 6.02. The highest BCUT2D eigenvalue weighted by molar-refractivity contribution is 9.10. The predicted octanol–water partition coefficient (Wildman–Crippen LogP) is 3.22. The van der Waals surface area contributed by atoms with Crippen LogP contribution in [0.5, 0.6) is 0 Å². The molecule has 1 aliphatic carbocycles. The smallest absolute Gasteiger partial charge is 0.0720 e. The lowest BCUT2D eigenvalue weighted by molar-refractivity contribution is -0.0561. The number of halogens is 1. The summed E-state index contributed by atoms with van der Waals surface area (Å²) < 4.78 is 7.23. The molecule has 0 atom stereocenters. The van der Waals surface area contributed by atoms with Gasteiger partial charge in [0.25, 0.3) is 0 Å². The number of benzene rings is 1. The van der Waals surface area contributed by atoms with Crippen molar-refractivity contribution >= 4 is 15.9 Å². The van der Waals surface area contributed by atoms with Gasteiger partial charge in [-0.3, -0.25) is 4.90 Å². The second-order valence-corrected chi connectivity index (χ2v) is 7.53. The molecule has 122 valence electrons. The normalized spacial score (nSPS) is 30.4. The summed E-state index contributed by atoms with van der Waals surface area (Å²) in [6, 6.07) is 9.30. The van der Waals surface area contributed by atoms with E-state index in [9.17, 15) is 0 Å². The lowest BCUT2D eigenvalue weighted by Crippen LogP contribution is -2.51. The molecular weight excluding hydrogens is 340 g/mol. The average molecular weight is 367 g/mol. The minimum atomic E-state index is 0.0222. The maximum absolute atomic E-state index is 6.02. The van der Waals surface area contributed by atoms with E-state index in [2.05, 4.69) is 50.4 Å². The second-order valence-electron chi connectivity index (χ2n) is 6.67. The molecule has 0 spiro atoms. The van der Waals surface area contributed by atoms with Gasteiger partial charge in [0.15, 0.2) is 0 Å². The number of hydrogen-bond acceptors (Lipinski definition) is 3. The molecule has 1 heterocycles. The zero-order valence-electron chi connectivity index (χ0n) is 13.5. The third-order valence-electron chi connectivity index (χ3n) is 5.44. The highest BCUT2D eigenvalue weighted by Gasteiger charge is 2.37. The molecule has 3 rings (SSSR count). The Morgan fingerprint density at radius 1 is 1.23 bits per heavy atom. The highest BCUT2D eigenvalue weighted by Crippen LogP contribution is 2.37. The highest BCUT2D eigenvalue weighted by atomic mass is 79.9. The van der Waals surface area contributed by atoms with Gasteiger partial charge in [0.05, 0.1) is 5.60 Å². The molecule has 0 bridgehead atoms. The van der Waals surface area contributed by atoms with Crippen molar-refractivity contribution in [2.75, 3.05) is 33.3 Å². The fraction of sp³-hybridized carbons (Fsp3) is 0.667. The Kier molecular flexibility index (Phi) is 5.55. The van der Waals surface area contributed by atoms with Crippen molar-refractivity contribution in [3.05, 3.63) is 34.3 Å². The standard InChI is InChI=1S/C18H27BrN2O/c1-22-18(14-15-4-2-3-5-17(15)19)8-6-16(7-9-18)21-12-10-20-11-13-21/h2-5,16,20H,6-14H2,1H3. The van der Waals surface area contributed by atoms with Crippen molar-refractivity contribution in [1.82, 2.24) is 10.2 Å². The molecule has 3 nitrogen and oxygen atoms in total. The van der Waals surface area contributed by atoms with Crippen LogP contribution in [0.3, 0.4) is 0 Å². The van der Waals surface area contributed by atoms with E-state index in [1.54, 1.807) is 0 Å². The number of nitrogens with zero attached hydrogens (tertiary/aromatic N) is 1. The van der Waals surface area contributed by atoms with E-state index in [0.717, 1.165) is 25.6 Å². The summed E-state index contributed by atoms with van der Waals surface area (Å²) in [6.07, 6.45) is 5.87. The van der Waals surface area contributed by atoms with Crippen LogP contribution in [-0.4, -0.2) is 49.8 Å². The average Bonchev–Trinajstić information content (AvgIpc) is 2.58. The van der Waals surface area contributed by atoms with Gasteiger partial charge in [-0.1, -0.05) is 34.1 Å². The summed E-state index contributed by atoms with van der Waals surface area (Å²) in [5, 5.41) is 3.45. The molecule has 1 saturated carbocycles. The van der Waals surface area contributed by atoms with Gasteiger partial charge in [-0.15, -0.1) is 0 Å². The van der Waals surface area contributed by atoms with Gasteiger partial charge in [0, 0.05) is 50.2 Å². The SMILES string of the molecule is COC1(Cc2ccccc2Br)CCC(N2CCNCC2)CC1. The van der Waals surface area contributed by atoms with Crippen LogP contribution in [0.1, 0.15) is 31.2 Å². The van der Waals surface area contributed by atoms with Gasteiger partial charge < -0.3 is 10.1 Å². The molecule has 1 aromatic carbocycles. The quantitative estimate of drug-likeness (QED) is 0.885. The molecule has 0 radical (unpaired) electrons. The van der Waals surface area contributed by atoms with Gasteiger partial charge in [-0.25, -0.2) is 0 Å². The third-order valence-corrected chi connectivity index (χ3v) is 6.21. The lowest BCUT2D eigenvalue weighted by atomic mass is 9.77. The fourth-order valence-electron chi connectivity index (χ4n) is 3.98. The molecule has 2 fully saturated rings. The summed E-state index contributed by atoms with van der Waals surface area (Å²) >= 11 is 3.68.